The number of rotatable bonds is 6. The van der Waals surface area contributed by atoms with Crippen molar-refractivity contribution in [3.63, 3.8) is 0 Å². The first-order valence-corrected chi connectivity index (χ1v) is 11.5. The Morgan fingerprint density at radius 2 is 1.71 bits per heavy atom. The van der Waals surface area contributed by atoms with Gasteiger partial charge < -0.3 is 25.6 Å². The highest BCUT2D eigenvalue weighted by atomic mass is 16.5. The summed E-state index contributed by atoms with van der Waals surface area (Å²) in [4.78, 5) is 40.9. The molecule has 2 aromatic carbocycles. The van der Waals surface area contributed by atoms with Crippen LogP contribution in [0.2, 0.25) is 0 Å². The standard InChI is InChI=1S/C25H31N5O4/c1-17(31)27-20-4-3-5-21(15-20)28-25(33)24(32)26-16-23(30-10-12-34-13-11-30)18-6-7-22-19(14-18)8-9-29(22)2/h3-7,14-15,23H,8-13,16H2,1-2H3,(H,26,32)(H,27,31)(H,28,33)/t23-/m1/s1. The van der Waals surface area contributed by atoms with E-state index in [0.29, 0.717) is 31.1 Å². The Hall–Kier alpha value is -3.43. The van der Waals surface area contributed by atoms with Gasteiger partial charge in [-0.25, -0.2) is 0 Å². The molecule has 0 saturated carbocycles. The van der Waals surface area contributed by atoms with Gasteiger partial charge in [0.1, 0.15) is 0 Å². The van der Waals surface area contributed by atoms with Crippen LogP contribution in [0, 0.1) is 0 Å². The lowest BCUT2D eigenvalue weighted by molar-refractivity contribution is -0.136. The second kappa shape index (κ2) is 10.7. The van der Waals surface area contributed by atoms with E-state index in [1.165, 1.54) is 18.2 Å². The van der Waals surface area contributed by atoms with Gasteiger partial charge in [-0.05, 0) is 41.8 Å². The SMILES string of the molecule is CC(=O)Nc1cccc(NC(=O)C(=O)NC[C@H](c2ccc3c(c2)CCN3C)N2CCOCC2)c1. The Bertz CT molecular complexity index is 1070. The van der Waals surface area contributed by atoms with Crippen molar-refractivity contribution < 1.29 is 19.1 Å². The number of carbonyl (C=O) groups is 3. The summed E-state index contributed by atoms with van der Waals surface area (Å²) in [6.45, 7) is 5.53. The number of likely N-dealkylation sites (N-methyl/N-ethyl adjacent to an activating group) is 1. The molecule has 0 aromatic heterocycles. The molecule has 3 N–H and O–H groups in total. The Kier molecular flexibility index (Phi) is 7.44. The highest BCUT2D eigenvalue weighted by Crippen LogP contribution is 2.31. The molecule has 1 fully saturated rings. The zero-order valence-electron chi connectivity index (χ0n) is 19.6. The normalized spacial score (nSPS) is 16.5. The van der Waals surface area contributed by atoms with Crippen LogP contribution in [-0.2, 0) is 25.5 Å². The maximum Gasteiger partial charge on any atom is 0.313 e. The second-order valence-corrected chi connectivity index (χ2v) is 8.65. The summed E-state index contributed by atoms with van der Waals surface area (Å²) >= 11 is 0. The van der Waals surface area contributed by atoms with Crippen LogP contribution in [0.4, 0.5) is 17.1 Å². The summed E-state index contributed by atoms with van der Waals surface area (Å²) in [5.41, 5.74) is 4.65. The molecular formula is C25H31N5O4. The van der Waals surface area contributed by atoms with Gasteiger partial charge in [0.15, 0.2) is 0 Å². The molecule has 0 aliphatic carbocycles. The third-order valence-electron chi connectivity index (χ3n) is 6.21. The van der Waals surface area contributed by atoms with Gasteiger partial charge in [-0.3, -0.25) is 19.3 Å². The molecule has 2 aliphatic rings. The zero-order valence-corrected chi connectivity index (χ0v) is 19.6. The van der Waals surface area contributed by atoms with Gasteiger partial charge in [-0.15, -0.1) is 0 Å². The molecule has 1 atom stereocenters. The van der Waals surface area contributed by atoms with Crippen LogP contribution in [0.3, 0.4) is 0 Å². The summed E-state index contributed by atoms with van der Waals surface area (Å²) in [6, 6.07) is 13.1. The Labute approximate surface area is 199 Å². The Morgan fingerprint density at radius 3 is 2.44 bits per heavy atom. The van der Waals surface area contributed by atoms with Gasteiger partial charge in [0.2, 0.25) is 5.91 Å². The topological polar surface area (TPSA) is 103 Å². The van der Waals surface area contributed by atoms with Crippen molar-refractivity contribution in [2.45, 2.75) is 19.4 Å². The van der Waals surface area contributed by atoms with Crippen molar-refractivity contribution >= 4 is 34.8 Å². The zero-order chi connectivity index (χ0) is 24.1. The van der Waals surface area contributed by atoms with Crippen LogP contribution >= 0.6 is 0 Å². The van der Waals surface area contributed by atoms with E-state index in [0.717, 1.165) is 31.6 Å². The second-order valence-electron chi connectivity index (χ2n) is 8.65. The van der Waals surface area contributed by atoms with E-state index in [1.54, 1.807) is 24.3 Å². The molecule has 0 unspecified atom stereocenters. The average Bonchev–Trinajstić information content (AvgIpc) is 3.19. The van der Waals surface area contributed by atoms with E-state index < -0.39 is 11.8 Å². The van der Waals surface area contributed by atoms with E-state index in [2.05, 4.69) is 51.0 Å². The van der Waals surface area contributed by atoms with E-state index in [4.69, 9.17) is 4.74 Å². The summed E-state index contributed by atoms with van der Waals surface area (Å²) in [5, 5.41) is 8.06. The van der Waals surface area contributed by atoms with Crippen molar-refractivity contribution in [3.8, 4) is 0 Å². The first kappa shape index (κ1) is 23.7. The molecule has 1 saturated heterocycles. The van der Waals surface area contributed by atoms with E-state index in [-0.39, 0.29) is 11.9 Å². The maximum absolute atomic E-state index is 12.6. The number of amides is 3. The van der Waals surface area contributed by atoms with E-state index in [1.807, 2.05) is 0 Å². The number of hydrogen-bond acceptors (Lipinski definition) is 6. The minimum Gasteiger partial charge on any atom is -0.379 e. The number of fused-ring (bicyclic) bond motifs is 1. The number of benzene rings is 2. The molecule has 3 amide bonds. The van der Waals surface area contributed by atoms with Crippen LogP contribution in [0.5, 0.6) is 0 Å². The molecule has 2 heterocycles. The largest absolute Gasteiger partial charge is 0.379 e. The summed E-state index contributed by atoms with van der Waals surface area (Å²) in [5.74, 6) is -1.67. The summed E-state index contributed by atoms with van der Waals surface area (Å²) in [7, 11) is 2.09. The van der Waals surface area contributed by atoms with Crippen LogP contribution in [0.25, 0.3) is 0 Å². The lowest BCUT2D eigenvalue weighted by atomic mass is 10.0. The fourth-order valence-electron chi connectivity index (χ4n) is 4.48. The maximum atomic E-state index is 12.6. The first-order chi connectivity index (χ1) is 16.4. The number of nitrogens with one attached hydrogen (secondary N) is 3. The lowest BCUT2D eigenvalue weighted by Gasteiger charge is -2.35. The van der Waals surface area contributed by atoms with Crippen LogP contribution < -0.4 is 20.9 Å². The Balaban J connectivity index is 1.42. The molecular weight excluding hydrogens is 434 g/mol. The molecule has 2 aliphatic heterocycles. The van der Waals surface area contributed by atoms with Crippen molar-refractivity contribution in [3.05, 3.63) is 53.6 Å². The number of hydrogen-bond donors (Lipinski definition) is 3. The van der Waals surface area contributed by atoms with Crippen molar-refractivity contribution in [1.29, 1.82) is 0 Å². The molecule has 34 heavy (non-hydrogen) atoms. The number of morpholine rings is 1. The predicted octanol–water partition coefficient (Wildman–Crippen LogP) is 1.77. The third-order valence-corrected chi connectivity index (χ3v) is 6.21. The fourth-order valence-corrected chi connectivity index (χ4v) is 4.48. The molecule has 0 spiro atoms. The summed E-state index contributed by atoms with van der Waals surface area (Å²) in [6.07, 6.45) is 1.00. The van der Waals surface area contributed by atoms with Gasteiger partial charge in [-0.1, -0.05) is 18.2 Å². The highest BCUT2D eigenvalue weighted by molar-refractivity contribution is 6.39. The number of anilines is 3. The van der Waals surface area contributed by atoms with E-state index in [9.17, 15) is 14.4 Å². The number of carbonyl (C=O) groups excluding carboxylic acids is 3. The predicted molar refractivity (Wildman–Crippen MR) is 131 cm³/mol. The van der Waals surface area contributed by atoms with Crippen LogP contribution in [-0.4, -0.2) is 69.1 Å². The molecule has 9 heteroatoms. The molecule has 0 bridgehead atoms. The lowest BCUT2D eigenvalue weighted by Crippen LogP contribution is -2.45. The van der Waals surface area contributed by atoms with Crippen molar-refractivity contribution in [2.75, 3.05) is 62.0 Å². The van der Waals surface area contributed by atoms with Gasteiger partial charge in [0.25, 0.3) is 0 Å². The fraction of sp³-hybridized carbons (Fsp3) is 0.400. The van der Waals surface area contributed by atoms with Crippen LogP contribution in [0.15, 0.2) is 42.5 Å². The van der Waals surface area contributed by atoms with E-state index >= 15 is 0 Å². The quantitative estimate of drug-likeness (QED) is 0.562. The first-order valence-electron chi connectivity index (χ1n) is 11.5. The average molecular weight is 466 g/mol. The molecule has 4 rings (SSSR count). The third kappa shape index (κ3) is 5.73. The van der Waals surface area contributed by atoms with Gasteiger partial charge in [0, 0.05) is 57.2 Å². The van der Waals surface area contributed by atoms with Crippen molar-refractivity contribution in [1.82, 2.24) is 10.2 Å². The molecule has 2 aromatic rings. The number of nitrogens with zero attached hydrogens (tertiary/aromatic N) is 2. The monoisotopic (exact) mass is 465 g/mol. The van der Waals surface area contributed by atoms with Gasteiger partial charge in [-0.2, -0.15) is 0 Å². The molecule has 9 nitrogen and oxygen atoms in total. The van der Waals surface area contributed by atoms with Crippen LogP contribution in [0.1, 0.15) is 24.1 Å². The molecule has 180 valence electrons. The summed E-state index contributed by atoms with van der Waals surface area (Å²) < 4.78 is 5.51. The smallest absolute Gasteiger partial charge is 0.313 e. The minimum atomic E-state index is -0.753. The molecule has 0 radical (unpaired) electrons. The van der Waals surface area contributed by atoms with Crippen molar-refractivity contribution in [2.24, 2.45) is 0 Å². The Morgan fingerprint density at radius 1 is 0.971 bits per heavy atom. The highest BCUT2D eigenvalue weighted by Gasteiger charge is 2.26. The number of ether oxygens (including phenoxy) is 1. The van der Waals surface area contributed by atoms with Gasteiger partial charge in [0.05, 0.1) is 19.3 Å². The minimum absolute atomic E-state index is 0.0556. The van der Waals surface area contributed by atoms with Gasteiger partial charge >= 0.3 is 11.8 Å².